The van der Waals surface area contributed by atoms with Gasteiger partial charge in [-0.1, -0.05) is 65.3 Å². The number of benzene rings is 2. The van der Waals surface area contributed by atoms with Crippen LogP contribution in [0.25, 0.3) is 15.9 Å². The van der Waals surface area contributed by atoms with Gasteiger partial charge in [-0.25, -0.2) is 9.97 Å². The highest BCUT2D eigenvalue weighted by Crippen LogP contribution is 2.35. The number of thiophene rings is 1. The molecule has 2 aromatic carbocycles. The van der Waals surface area contributed by atoms with Crippen LogP contribution in [0.1, 0.15) is 33.7 Å². The van der Waals surface area contributed by atoms with Gasteiger partial charge in [-0.2, -0.15) is 0 Å². The fraction of sp³-hybridized carbons (Fsp3) is 0.214. The lowest BCUT2D eigenvalue weighted by Crippen LogP contribution is -2.23. The van der Waals surface area contributed by atoms with Gasteiger partial charge in [0.1, 0.15) is 4.83 Å². The van der Waals surface area contributed by atoms with Crippen LogP contribution in [-0.4, -0.2) is 26.2 Å². The number of aromatic nitrogens is 3. The number of nitrogens with zero attached hydrogens (tertiary/aromatic N) is 3. The zero-order valence-electron chi connectivity index (χ0n) is 20.6. The second-order valence-electron chi connectivity index (χ2n) is 9.12. The lowest BCUT2D eigenvalue weighted by atomic mass is 9.97. The molecule has 0 saturated carbocycles. The Bertz CT molecular complexity index is 1750. The number of thiazole rings is 1. The van der Waals surface area contributed by atoms with Crippen LogP contribution >= 0.6 is 57.6 Å². The number of amides is 1. The maximum Gasteiger partial charge on any atom is 0.267 e. The molecule has 0 radical (unpaired) electrons. The molecular weight excluding hydrogens is 591 g/mol. The summed E-state index contributed by atoms with van der Waals surface area (Å²) in [4.78, 5) is 38.9. The molecule has 0 atom stereocenters. The number of hydrogen-bond donors (Lipinski definition) is 1. The van der Waals surface area contributed by atoms with Crippen molar-refractivity contribution < 1.29 is 4.79 Å². The number of aryl methyl sites for hydroxylation is 2. The van der Waals surface area contributed by atoms with Crippen LogP contribution in [0.3, 0.4) is 0 Å². The fourth-order valence-electron chi connectivity index (χ4n) is 4.69. The summed E-state index contributed by atoms with van der Waals surface area (Å²) in [5.74, 6) is -0.133. The number of nitrogens with one attached hydrogen (secondary N) is 1. The lowest BCUT2D eigenvalue weighted by Gasteiger charge is -2.13. The lowest BCUT2D eigenvalue weighted by molar-refractivity contribution is -0.113. The van der Waals surface area contributed by atoms with Gasteiger partial charge in [-0.05, 0) is 55.0 Å². The Morgan fingerprint density at radius 1 is 1.05 bits per heavy atom. The molecule has 6 rings (SSSR count). The molecule has 0 fully saturated rings. The van der Waals surface area contributed by atoms with E-state index in [9.17, 15) is 9.59 Å². The zero-order chi connectivity index (χ0) is 26.9. The molecule has 0 unspecified atom stereocenters. The Morgan fingerprint density at radius 3 is 2.72 bits per heavy atom. The summed E-state index contributed by atoms with van der Waals surface area (Å²) in [6.07, 6.45) is 6.43. The van der Waals surface area contributed by atoms with E-state index in [1.165, 1.54) is 28.0 Å². The van der Waals surface area contributed by atoms with Gasteiger partial charge in [0, 0.05) is 22.4 Å². The molecule has 11 heteroatoms. The van der Waals surface area contributed by atoms with E-state index in [0.29, 0.717) is 26.8 Å². The van der Waals surface area contributed by atoms with Crippen molar-refractivity contribution >= 4 is 78.9 Å². The third-order valence-electron chi connectivity index (χ3n) is 6.50. The SMILES string of the molecule is O=C(CSc1nc2sc3c(c2c(=O)n1-c1ccccc1)CCCC3)Nc1ncc(Cc2cccc(Cl)c2Cl)s1. The molecule has 3 aromatic heterocycles. The van der Waals surface area contributed by atoms with E-state index in [-0.39, 0.29) is 17.2 Å². The van der Waals surface area contributed by atoms with Gasteiger partial charge < -0.3 is 5.32 Å². The average Bonchev–Trinajstić information content (AvgIpc) is 3.54. The molecule has 1 N–H and O–H groups in total. The average molecular weight is 614 g/mol. The van der Waals surface area contributed by atoms with Crippen molar-refractivity contribution in [2.24, 2.45) is 0 Å². The minimum Gasteiger partial charge on any atom is -0.301 e. The number of halogens is 2. The first-order valence-corrected chi connectivity index (χ1v) is 15.8. The molecule has 5 aromatic rings. The van der Waals surface area contributed by atoms with Crippen molar-refractivity contribution in [3.05, 3.63) is 96.0 Å². The van der Waals surface area contributed by atoms with Crippen molar-refractivity contribution in [2.75, 3.05) is 11.1 Å². The second-order valence-corrected chi connectivity index (χ2v) is 13.0. The second kappa shape index (κ2) is 11.4. The Kier molecular flexibility index (Phi) is 7.77. The number of para-hydroxylation sites is 1. The van der Waals surface area contributed by atoms with Gasteiger partial charge in [0.05, 0.1) is 26.9 Å². The Labute approximate surface area is 247 Å². The van der Waals surface area contributed by atoms with Gasteiger partial charge >= 0.3 is 0 Å². The minimum atomic E-state index is -0.221. The number of rotatable bonds is 7. The van der Waals surface area contributed by atoms with Crippen molar-refractivity contribution in [3.63, 3.8) is 0 Å². The zero-order valence-corrected chi connectivity index (χ0v) is 24.5. The highest BCUT2D eigenvalue weighted by atomic mass is 35.5. The number of hydrogen-bond acceptors (Lipinski definition) is 7. The van der Waals surface area contributed by atoms with E-state index in [1.54, 1.807) is 28.2 Å². The monoisotopic (exact) mass is 612 g/mol. The predicted octanol–water partition coefficient (Wildman–Crippen LogP) is 7.41. The van der Waals surface area contributed by atoms with Crippen LogP contribution in [0.5, 0.6) is 0 Å². The van der Waals surface area contributed by atoms with Crippen LogP contribution in [0.15, 0.2) is 64.7 Å². The molecule has 39 heavy (non-hydrogen) atoms. The van der Waals surface area contributed by atoms with Gasteiger partial charge in [0.25, 0.3) is 5.56 Å². The molecule has 0 bridgehead atoms. The molecule has 6 nitrogen and oxygen atoms in total. The van der Waals surface area contributed by atoms with Crippen LogP contribution in [0.2, 0.25) is 10.0 Å². The van der Waals surface area contributed by atoms with E-state index in [2.05, 4.69) is 10.3 Å². The first-order chi connectivity index (χ1) is 19.0. The van der Waals surface area contributed by atoms with Crippen LogP contribution in [0, 0.1) is 0 Å². The first kappa shape index (κ1) is 26.5. The highest BCUT2D eigenvalue weighted by Gasteiger charge is 2.23. The third kappa shape index (κ3) is 5.51. The van der Waals surface area contributed by atoms with Gasteiger partial charge in [0.2, 0.25) is 5.91 Å². The Morgan fingerprint density at radius 2 is 1.87 bits per heavy atom. The van der Waals surface area contributed by atoms with Gasteiger partial charge in [-0.15, -0.1) is 22.7 Å². The molecule has 3 heterocycles. The summed E-state index contributed by atoms with van der Waals surface area (Å²) < 4.78 is 1.64. The van der Waals surface area contributed by atoms with Gasteiger partial charge in [-0.3, -0.25) is 14.2 Å². The molecular formula is C28H22Cl2N4O2S3. The van der Waals surface area contributed by atoms with Crippen molar-refractivity contribution in [1.82, 2.24) is 14.5 Å². The molecule has 0 saturated heterocycles. The Balaban J connectivity index is 1.22. The largest absolute Gasteiger partial charge is 0.301 e. The van der Waals surface area contributed by atoms with E-state index in [0.717, 1.165) is 57.6 Å². The van der Waals surface area contributed by atoms with Gasteiger partial charge in [0.15, 0.2) is 10.3 Å². The van der Waals surface area contributed by atoms with Crippen molar-refractivity contribution in [3.8, 4) is 5.69 Å². The summed E-state index contributed by atoms with van der Waals surface area (Å²) in [5, 5.41) is 5.63. The molecule has 1 aliphatic rings. The minimum absolute atomic E-state index is 0.0715. The van der Waals surface area contributed by atoms with Crippen molar-refractivity contribution in [2.45, 2.75) is 37.3 Å². The highest BCUT2D eigenvalue weighted by molar-refractivity contribution is 7.99. The van der Waals surface area contributed by atoms with E-state index in [1.807, 2.05) is 42.5 Å². The third-order valence-corrected chi connectivity index (χ3v) is 10.4. The normalized spacial score (nSPS) is 13.0. The number of carbonyl (C=O) groups excluding carboxylic acids is 1. The van der Waals surface area contributed by atoms with Crippen molar-refractivity contribution in [1.29, 1.82) is 0 Å². The first-order valence-electron chi connectivity index (χ1n) is 12.4. The van der Waals surface area contributed by atoms with E-state index >= 15 is 0 Å². The summed E-state index contributed by atoms with van der Waals surface area (Å²) >= 11 is 16.7. The molecule has 0 spiro atoms. The number of carbonyl (C=O) groups is 1. The smallest absolute Gasteiger partial charge is 0.267 e. The summed E-state index contributed by atoms with van der Waals surface area (Å²) in [5.41, 5.74) is 2.71. The van der Waals surface area contributed by atoms with Crippen LogP contribution in [0.4, 0.5) is 5.13 Å². The standard InChI is InChI=1S/C28H22Cl2N4O2S3/c29-20-11-6-7-16(24(20)30)13-18-14-31-27(38-18)32-22(35)15-37-28-33-25-23(19-10-4-5-12-21(19)39-25)26(36)34(28)17-8-2-1-3-9-17/h1-3,6-9,11,14H,4-5,10,12-13,15H2,(H,31,32,35). The maximum absolute atomic E-state index is 13.8. The quantitative estimate of drug-likeness (QED) is 0.153. The number of anilines is 1. The number of thioether (sulfide) groups is 1. The molecule has 198 valence electrons. The van der Waals surface area contributed by atoms with E-state index < -0.39 is 0 Å². The number of fused-ring (bicyclic) bond motifs is 3. The Hall–Kier alpha value is -2.69. The molecule has 1 aliphatic carbocycles. The summed E-state index contributed by atoms with van der Waals surface area (Å²) in [6.45, 7) is 0. The van der Waals surface area contributed by atoms with Crippen LogP contribution in [-0.2, 0) is 24.1 Å². The predicted molar refractivity (Wildman–Crippen MR) is 163 cm³/mol. The maximum atomic E-state index is 13.8. The summed E-state index contributed by atoms with van der Waals surface area (Å²) in [7, 11) is 0. The van der Waals surface area contributed by atoms with Crippen LogP contribution < -0.4 is 10.9 Å². The molecule has 0 aliphatic heterocycles. The molecule has 1 amide bonds. The van der Waals surface area contributed by atoms with E-state index in [4.69, 9.17) is 28.2 Å². The topological polar surface area (TPSA) is 76.9 Å². The fourth-order valence-corrected chi connectivity index (χ4v) is 8.05. The summed E-state index contributed by atoms with van der Waals surface area (Å²) in [6, 6.07) is 15.0.